The number of nitrogens with two attached hydrogens (primary N) is 1. The van der Waals surface area contributed by atoms with E-state index >= 15 is 0 Å². The zero-order chi connectivity index (χ0) is 13.0. The lowest BCUT2D eigenvalue weighted by Gasteiger charge is -2.21. The highest BCUT2D eigenvalue weighted by Crippen LogP contribution is 2.19. The predicted octanol–water partition coefficient (Wildman–Crippen LogP) is 1.25. The number of nitrogen functional groups attached to an aromatic ring is 1. The fourth-order valence-electron chi connectivity index (χ4n) is 1.97. The molecule has 0 radical (unpaired) electrons. The summed E-state index contributed by atoms with van der Waals surface area (Å²) in [5, 5.41) is 0. The van der Waals surface area contributed by atoms with Gasteiger partial charge >= 0.3 is 0 Å². The number of hydrazine groups is 1. The highest BCUT2D eigenvalue weighted by Gasteiger charge is 2.20. The molecule has 1 aromatic heterocycles. The molecule has 0 aliphatic carbocycles. The Labute approximate surface area is 111 Å². The standard InChI is InChI=1S/C12H18N4OS/c1-9-7-11(15-13)10(8-14-9)12(17)16-3-2-5-18-6-4-16/h7-8H,2-6,13H2,1H3,(H,14,15). The summed E-state index contributed by atoms with van der Waals surface area (Å²) in [6.07, 6.45) is 2.64. The lowest BCUT2D eigenvalue weighted by molar-refractivity contribution is 0.0769. The average molecular weight is 266 g/mol. The summed E-state index contributed by atoms with van der Waals surface area (Å²) in [6.45, 7) is 3.47. The summed E-state index contributed by atoms with van der Waals surface area (Å²) in [7, 11) is 0. The number of carbonyl (C=O) groups excluding carboxylic acids is 1. The molecule has 18 heavy (non-hydrogen) atoms. The molecule has 0 saturated carbocycles. The summed E-state index contributed by atoms with van der Waals surface area (Å²) in [5.74, 6) is 7.60. The van der Waals surface area contributed by atoms with Crippen LogP contribution in [-0.2, 0) is 0 Å². The Morgan fingerprint density at radius 1 is 1.50 bits per heavy atom. The van der Waals surface area contributed by atoms with Gasteiger partial charge in [-0.05, 0) is 25.2 Å². The van der Waals surface area contributed by atoms with Crippen LogP contribution < -0.4 is 11.3 Å². The van der Waals surface area contributed by atoms with Crippen LogP contribution in [-0.4, -0.2) is 40.4 Å². The van der Waals surface area contributed by atoms with E-state index in [1.807, 2.05) is 23.6 Å². The van der Waals surface area contributed by atoms with Crippen molar-refractivity contribution in [3.63, 3.8) is 0 Å². The van der Waals surface area contributed by atoms with Crippen LogP contribution >= 0.6 is 11.8 Å². The number of aromatic nitrogens is 1. The number of rotatable bonds is 2. The predicted molar refractivity (Wildman–Crippen MR) is 74.6 cm³/mol. The first kappa shape index (κ1) is 13.2. The van der Waals surface area contributed by atoms with Crippen LogP contribution in [0.1, 0.15) is 22.5 Å². The Kier molecular flexibility index (Phi) is 4.43. The molecule has 1 fully saturated rings. The van der Waals surface area contributed by atoms with Gasteiger partial charge < -0.3 is 10.3 Å². The molecule has 5 nitrogen and oxygen atoms in total. The average Bonchev–Trinajstić information content (AvgIpc) is 2.66. The van der Waals surface area contributed by atoms with Gasteiger partial charge in [-0.25, -0.2) is 0 Å². The van der Waals surface area contributed by atoms with Crippen LogP contribution in [0.2, 0.25) is 0 Å². The van der Waals surface area contributed by atoms with E-state index in [4.69, 9.17) is 5.84 Å². The van der Waals surface area contributed by atoms with Crippen molar-refractivity contribution in [2.75, 3.05) is 30.0 Å². The van der Waals surface area contributed by atoms with Gasteiger partial charge in [0.1, 0.15) is 0 Å². The molecule has 1 amide bonds. The van der Waals surface area contributed by atoms with Crippen molar-refractivity contribution in [3.8, 4) is 0 Å². The summed E-state index contributed by atoms with van der Waals surface area (Å²) in [4.78, 5) is 18.5. The Hall–Kier alpha value is -1.27. The largest absolute Gasteiger partial charge is 0.338 e. The molecule has 0 atom stereocenters. The maximum Gasteiger partial charge on any atom is 0.257 e. The van der Waals surface area contributed by atoms with Crippen molar-refractivity contribution in [2.45, 2.75) is 13.3 Å². The molecule has 1 aromatic rings. The third-order valence-corrected chi connectivity index (χ3v) is 3.98. The van der Waals surface area contributed by atoms with Crippen LogP contribution in [0.15, 0.2) is 12.3 Å². The van der Waals surface area contributed by atoms with Crippen LogP contribution in [0.25, 0.3) is 0 Å². The van der Waals surface area contributed by atoms with Gasteiger partial charge in [-0.1, -0.05) is 0 Å². The quantitative estimate of drug-likeness (QED) is 0.623. The third-order valence-electron chi connectivity index (χ3n) is 2.94. The van der Waals surface area contributed by atoms with Gasteiger partial charge in [0, 0.05) is 30.7 Å². The molecule has 2 heterocycles. The maximum absolute atomic E-state index is 12.4. The van der Waals surface area contributed by atoms with Crippen LogP contribution in [0.5, 0.6) is 0 Å². The Bertz CT molecular complexity index is 430. The Balaban J connectivity index is 2.21. The van der Waals surface area contributed by atoms with Crippen LogP contribution in [0.4, 0.5) is 5.69 Å². The molecular weight excluding hydrogens is 248 g/mol. The van der Waals surface area contributed by atoms with Gasteiger partial charge in [-0.15, -0.1) is 0 Å². The second kappa shape index (κ2) is 6.06. The van der Waals surface area contributed by atoms with E-state index < -0.39 is 0 Å². The van der Waals surface area contributed by atoms with E-state index in [9.17, 15) is 4.79 Å². The van der Waals surface area contributed by atoms with Crippen molar-refractivity contribution in [1.82, 2.24) is 9.88 Å². The molecule has 1 aliphatic heterocycles. The minimum atomic E-state index is 0.0120. The van der Waals surface area contributed by atoms with Crippen LogP contribution in [0, 0.1) is 6.92 Å². The summed E-state index contributed by atoms with van der Waals surface area (Å²) in [6, 6.07) is 1.79. The fourth-order valence-corrected chi connectivity index (χ4v) is 2.86. The SMILES string of the molecule is Cc1cc(NN)c(C(=O)N2CCCSCC2)cn1. The molecule has 3 N–H and O–H groups in total. The molecule has 6 heteroatoms. The Morgan fingerprint density at radius 2 is 2.33 bits per heavy atom. The number of nitrogens with one attached hydrogen (secondary N) is 1. The number of pyridine rings is 1. The normalized spacial score (nSPS) is 16.2. The van der Waals surface area contributed by atoms with Crippen molar-refractivity contribution in [2.24, 2.45) is 5.84 Å². The van der Waals surface area contributed by atoms with Crippen molar-refractivity contribution < 1.29 is 4.79 Å². The molecule has 0 unspecified atom stereocenters. The number of amides is 1. The first-order valence-corrected chi connectivity index (χ1v) is 7.18. The molecule has 1 saturated heterocycles. The first-order chi connectivity index (χ1) is 8.72. The summed E-state index contributed by atoms with van der Waals surface area (Å²) in [5.41, 5.74) is 4.61. The lowest BCUT2D eigenvalue weighted by Crippen LogP contribution is -2.33. The van der Waals surface area contributed by atoms with Gasteiger partial charge in [0.25, 0.3) is 5.91 Å². The van der Waals surface area contributed by atoms with Crippen LogP contribution in [0.3, 0.4) is 0 Å². The second-order valence-electron chi connectivity index (χ2n) is 4.27. The molecular formula is C12H18N4OS. The molecule has 2 rings (SSSR count). The van der Waals surface area contributed by atoms with E-state index in [0.717, 1.165) is 36.7 Å². The topological polar surface area (TPSA) is 71.2 Å². The summed E-state index contributed by atoms with van der Waals surface area (Å²) < 4.78 is 0. The molecule has 98 valence electrons. The van der Waals surface area contributed by atoms with E-state index in [2.05, 4.69) is 10.4 Å². The third kappa shape index (κ3) is 2.94. The maximum atomic E-state index is 12.4. The molecule has 0 spiro atoms. The van der Waals surface area contributed by atoms with E-state index in [1.165, 1.54) is 0 Å². The fraction of sp³-hybridized carbons (Fsp3) is 0.500. The molecule has 0 aromatic carbocycles. The number of hydrogen-bond donors (Lipinski definition) is 2. The first-order valence-electron chi connectivity index (χ1n) is 6.02. The zero-order valence-electron chi connectivity index (χ0n) is 10.5. The smallest absolute Gasteiger partial charge is 0.257 e. The molecule has 0 bridgehead atoms. The highest BCUT2D eigenvalue weighted by molar-refractivity contribution is 7.99. The van der Waals surface area contributed by atoms with Gasteiger partial charge in [0.05, 0.1) is 11.3 Å². The van der Waals surface area contributed by atoms with Crippen molar-refractivity contribution in [1.29, 1.82) is 0 Å². The number of aryl methyl sites for hydroxylation is 1. The monoisotopic (exact) mass is 266 g/mol. The number of anilines is 1. The van der Waals surface area contributed by atoms with Gasteiger partial charge in [-0.3, -0.25) is 15.6 Å². The number of hydrogen-bond acceptors (Lipinski definition) is 5. The van der Waals surface area contributed by atoms with E-state index in [0.29, 0.717) is 11.3 Å². The van der Waals surface area contributed by atoms with E-state index in [-0.39, 0.29) is 5.91 Å². The van der Waals surface area contributed by atoms with Crippen molar-refractivity contribution >= 4 is 23.4 Å². The van der Waals surface area contributed by atoms with E-state index in [1.54, 1.807) is 12.3 Å². The molecule has 1 aliphatic rings. The van der Waals surface area contributed by atoms with Crippen molar-refractivity contribution in [3.05, 3.63) is 23.5 Å². The number of carbonyl (C=O) groups is 1. The second-order valence-corrected chi connectivity index (χ2v) is 5.50. The van der Waals surface area contributed by atoms with Gasteiger partial charge in [0.15, 0.2) is 0 Å². The summed E-state index contributed by atoms with van der Waals surface area (Å²) >= 11 is 1.89. The minimum absolute atomic E-state index is 0.0120. The minimum Gasteiger partial charge on any atom is -0.338 e. The zero-order valence-corrected chi connectivity index (χ0v) is 11.3. The number of thioether (sulfide) groups is 1. The number of nitrogens with zero attached hydrogens (tertiary/aromatic N) is 2. The lowest BCUT2D eigenvalue weighted by atomic mass is 10.2. The highest BCUT2D eigenvalue weighted by atomic mass is 32.2. The van der Waals surface area contributed by atoms with Gasteiger partial charge in [-0.2, -0.15) is 11.8 Å². The Morgan fingerprint density at radius 3 is 3.11 bits per heavy atom. The van der Waals surface area contributed by atoms with Gasteiger partial charge in [0.2, 0.25) is 0 Å².